The smallest absolute Gasteiger partial charge is 0.310 e. The Morgan fingerprint density at radius 3 is 2.22 bits per heavy atom. The molecule has 0 spiro atoms. The summed E-state index contributed by atoms with van der Waals surface area (Å²) >= 11 is 0. The van der Waals surface area contributed by atoms with E-state index in [0.29, 0.717) is 12.3 Å². The summed E-state index contributed by atoms with van der Waals surface area (Å²) in [5, 5.41) is 62.7. The first-order valence-corrected chi connectivity index (χ1v) is 17.4. The van der Waals surface area contributed by atoms with Crippen molar-refractivity contribution in [3.8, 4) is 0 Å². The molecule has 0 aromatic heterocycles. The van der Waals surface area contributed by atoms with Gasteiger partial charge < -0.3 is 40.1 Å². The minimum Gasteiger partial charge on any atom is -0.481 e. The highest BCUT2D eigenvalue weighted by molar-refractivity contribution is 5.76. The molecule has 0 aromatic rings. The second-order valence-corrected chi connectivity index (χ2v) is 17.7. The summed E-state index contributed by atoms with van der Waals surface area (Å²) in [6, 6.07) is 0. The lowest BCUT2D eigenvalue weighted by atomic mass is 9.33. The van der Waals surface area contributed by atoms with Crippen LogP contribution in [0.3, 0.4) is 0 Å². The van der Waals surface area contributed by atoms with Crippen LogP contribution in [-0.4, -0.2) is 86.6 Å². The normalized spacial score (nSPS) is 54.1. The van der Waals surface area contributed by atoms with Crippen molar-refractivity contribution in [3.63, 3.8) is 0 Å². The number of fused-ring (bicyclic) bond motifs is 7. The molecule has 5 fully saturated rings. The van der Waals surface area contributed by atoms with Crippen molar-refractivity contribution in [2.75, 3.05) is 13.2 Å². The topological polar surface area (TPSA) is 157 Å². The molecular weight excluding hydrogens is 576 g/mol. The zero-order valence-electron chi connectivity index (χ0n) is 28.2. The molecule has 6 N–H and O–H groups in total. The van der Waals surface area contributed by atoms with Crippen LogP contribution in [0.25, 0.3) is 0 Å². The van der Waals surface area contributed by atoms with Crippen molar-refractivity contribution in [1.29, 1.82) is 0 Å². The van der Waals surface area contributed by atoms with Gasteiger partial charge in [-0.25, -0.2) is 0 Å². The van der Waals surface area contributed by atoms with Gasteiger partial charge in [0.25, 0.3) is 0 Å². The van der Waals surface area contributed by atoms with Gasteiger partial charge in [-0.2, -0.15) is 0 Å². The SMILES string of the molecule is CC1(C)CC[C@]2(C(=O)O)CC[C@]3(C)C(=CC[C@@H]4[C@@]5(C)CC[C@H](O[C@@H]6O[C@H](CO)[C@@H](O)[C@H](O)[C@H]6O)[C@@](C)(CO)[C@H]5CC[C@]43C)[C@@H]2C1. The van der Waals surface area contributed by atoms with E-state index in [9.17, 15) is 35.4 Å². The Labute approximate surface area is 268 Å². The number of allylic oxidation sites excluding steroid dienone is 2. The highest BCUT2D eigenvalue weighted by Gasteiger charge is 2.70. The third-order valence-corrected chi connectivity index (χ3v) is 15.3. The molecule has 0 amide bonds. The predicted molar refractivity (Wildman–Crippen MR) is 167 cm³/mol. The van der Waals surface area contributed by atoms with Gasteiger partial charge in [-0.1, -0.05) is 53.2 Å². The summed E-state index contributed by atoms with van der Waals surface area (Å²) in [7, 11) is 0. The fourth-order valence-electron chi connectivity index (χ4n) is 12.2. The van der Waals surface area contributed by atoms with Crippen LogP contribution < -0.4 is 0 Å². The Bertz CT molecular complexity index is 1200. The minimum atomic E-state index is -1.51. The van der Waals surface area contributed by atoms with E-state index in [-0.39, 0.29) is 40.1 Å². The van der Waals surface area contributed by atoms with E-state index in [1.165, 1.54) is 5.57 Å². The van der Waals surface area contributed by atoms with E-state index < -0.39 is 60.2 Å². The maximum atomic E-state index is 12.9. The number of hydrogen-bond donors (Lipinski definition) is 6. The van der Waals surface area contributed by atoms with Crippen LogP contribution in [0.15, 0.2) is 11.6 Å². The van der Waals surface area contributed by atoms with Crippen molar-refractivity contribution >= 4 is 5.97 Å². The Kier molecular flexibility index (Phi) is 8.25. The first-order chi connectivity index (χ1) is 20.9. The van der Waals surface area contributed by atoms with Gasteiger partial charge in [-0.3, -0.25) is 4.79 Å². The average molecular weight is 635 g/mol. The first-order valence-electron chi connectivity index (χ1n) is 17.4. The van der Waals surface area contributed by atoms with Gasteiger partial charge >= 0.3 is 5.97 Å². The standard InChI is InChI=1S/C36H58O9/c1-31(2)13-15-36(30(42)43)16-14-34(5)20(21(36)17-31)7-8-24-32(3)11-10-25(33(4,19-38)23(32)9-12-35(24,34)6)45-29-28(41)27(40)26(39)22(18-37)44-29/h7,21-29,37-41H,8-19H2,1-6H3,(H,42,43)/t21-,22+,23-,24+,25-,26+,27-,28+,29-,32-,33-,34+,35+,36-/m0/s1. The largest absolute Gasteiger partial charge is 0.481 e. The lowest BCUT2D eigenvalue weighted by molar-refractivity contribution is -0.333. The van der Waals surface area contributed by atoms with Gasteiger partial charge in [0.1, 0.15) is 24.4 Å². The minimum absolute atomic E-state index is 0.0179. The van der Waals surface area contributed by atoms with Crippen molar-refractivity contribution < 1.29 is 44.9 Å². The number of ether oxygens (including phenoxy) is 2. The van der Waals surface area contributed by atoms with Gasteiger partial charge in [0, 0.05) is 5.41 Å². The zero-order chi connectivity index (χ0) is 33.0. The van der Waals surface area contributed by atoms with Crippen LogP contribution in [0.5, 0.6) is 0 Å². The fourth-order valence-corrected chi connectivity index (χ4v) is 12.2. The summed E-state index contributed by atoms with van der Waals surface area (Å²) in [5.74, 6) is -0.0763. The summed E-state index contributed by atoms with van der Waals surface area (Å²) in [6.07, 6.45) is 3.78. The number of aliphatic carboxylic acids is 1. The highest BCUT2D eigenvalue weighted by atomic mass is 16.7. The first kappa shape index (κ1) is 33.8. The number of carboxylic acids is 1. The molecule has 0 bridgehead atoms. The van der Waals surface area contributed by atoms with Gasteiger partial charge in [0.05, 0.1) is 24.7 Å². The molecule has 0 radical (unpaired) electrons. The Balaban J connectivity index is 1.31. The summed E-state index contributed by atoms with van der Waals surface area (Å²) in [5.41, 5.74) is -0.00794. The summed E-state index contributed by atoms with van der Waals surface area (Å²) in [6.45, 7) is 13.3. The van der Waals surface area contributed by atoms with Crippen LogP contribution in [0.2, 0.25) is 0 Å². The zero-order valence-corrected chi connectivity index (χ0v) is 28.2. The number of carbonyl (C=O) groups is 1. The van der Waals surface area contributed by atoms with Crippen molar-refractivity contribution in [1.82, 2.24) is 0 Å². The van der Waals surface area contributed by atoms with Gasteiger partial charge in [0.15, 0.2) is 6.29 Å². The maximum absolute atomic E-state index is 12.9. The number of aliphatic hydroxyl groups excluding tert-OH is 5. The third-order valence-electron chi connectivity index (χ3n) is 15.3. The Hall–Kier alpha value is -1.07. The number of hydrogen-bond acceptors (Lipinski definition) is 8. The van der Waals surface area contributed by atoms with Gasteiger partial charge in [-0.15, -0.1) is 0 Å². The molecule has 0 unspecified atom stereocenters. The number of aliphatic hydroxyl groups is 5. The maximum Gasteiger partial charge on any atom is 0.310 e. The second-order valence-electron chi connectivity index (χ2n) is 17.7. The Morgan fingerprint density at radius 1 is 0.889 bits per heavy atom. The van der Waals surface area contributed by atoms with Crippen LogP contribution in [0.4, 0.5) is 0 Å². The quantitative estimate of drug-likeness (QED) is 0.194. The third kappa shape index (κ3) is 4.61. The van der Waals surface area contributed by atoms with E-state index in [1.807, 2.05) is 0 Å². The van der Waals surface area contributed by atoms with E-state index >= 15 is 0 Å². The lowest BCUT2D eigenvalue weighted by Crippen LogP contribution is -2.67. The van der Waals surface area contributed by atoms with Crippen LogP contribution in [0, 0.1) is 50.2 Å². The molecule has 4 saturated carbocycles. The number of carboxylic acid groups (broad SMARTS) is 1. The molecule has 0 aromatic carbocycles. The van der Waals surface area contributed by atoms with Crippen molar-refractivity contribution in [3.05, 3.63) is 11.6 Å². The van der Waals surface area contributed by atoms with Crippen LogP contribution in [0.1, 0.15) is 106 Å². The molecule has 9 nitrogen and oxygen atoms in total. The van der Waals surface area contributed by atoms with E-state index in [2.05, 4.69) is 47.6 Å². The highest BCUT2D eigenvalue weighted by Crippen LogP contribution is 2.76. The van der Waals surface area contributed by atoms with Gasteiger partial charge in [-0.05, 0) is 104 Å². The molecule has 256 valence electrons. The fraction of sp³-hybridized carbons (Fsp3) is 0.917. The second kappa shape index (κ2) is 11.0. The van der Waals surface area contributed by atoms with Crippen molar-refractivity contribution in [2.45, 2.75) is 143 Å². The average Bonchev–Trinajstić information content (AvgIpc) is 2.98. The van der Waals surface area contributed by atoms with E-state index in [4.69, 9.17) is 9.47 Å². The molecule has 9 heteroatoms. The monoisotopic (exact) mass is 634 g/mol. The molecular formula is C36H58O9. The molecule has 1 saturated heterocycles. The van der Waals surface area contributed by atoms with E-state index in [0.717, 1.165) is 57.8 Å². The lowest BCUT2D eigenvalue weighted by Gasteiger charge is -2.71. The molecule has 5 aliphatic carbocycles. The molecule has 14 atom stereocenters. The van der Waals surface area contributed by atoms with Crippen LogP contribution in [-0.2, 0) is 14.3 Å². The summed E-state index contributed by atoms with van der Waals surface area (Å²) in [4.78, 5) is 12.9. The number of rotatable bonds is 5. The van der Waals surface area contributed by atoms with Gasteiger partial charge in [0.2, 0.25) is 0 Å². The molecule has 1 aliphatic heterocycles. The molecule has 45 heavy (non-hydrogen) atoms. The molecule has 1 heterocycles. The summed E-state index contributed by atoms with van der Waals surface area (Å²) < 4.78 is 12.1. The molecule has 6 aliphatic rings. The predicted octanol–water partition coefficient (Wildman–Crippen LogP) is 4.03. The van der Waals surface area contributed by atoms with Crippen LogP contribution >= 0.6 is 0 Å². The van der Waals surface area contributed by atoms with E-state index in [1.54, 1.807) is 0 Å². The van der Waals surface area contributed by atoms with Crippen molar-refractivity contribution in [2.24, 2.45) is 50.2 Å². The molecule has 6 rings (SSSR count). The Morgan fingerprint density at radius 2 is 1.58 bits per heavy atom.